The zero-order chi connectivity index (χ0) is 22.7. The molecular formula is C25H28F2N6. The average molecular weight is 451 g/mol. The van der Waals surface area contributed by atoms with Gasteiger partial charge in [0.1, 0.15) is 12.7 Å². The Balaban J connectivity index is 1.12. The Morgan fingerprint density at radius 1 is 0.909 bits per heavy atom. The standard InChI is InChI=1S/C25H28F2N6/c26-25(27,21-6-2-1-3-7-21)17-32-13-11-31(12-14-32)10-4-5-20-16-28-24-9-8-22(15-23(20)24)33-18-29-30-19-33/h1-3,6-9,15-16,18-19,28H,4-5,10-14,17H2. The van der Waals surface area contributed by atoms with Gasteiger partial charge in [0.15, 0.2) is 0 Å². The molecule has 172 valence electrons. The van der Waals surface area contributed by atoms with Crippen LogP contribution in [0, 0.1) is 0 Å². The summed E-state index contributed by atoms with van der Waals surface area (Å²) in [5.41, 5.74) is 3.55. The van der Waals surface area contributed by atoms with Crippen LogP contribution in [-0.2, 0) is 12.3 Å². The zero-order valence-electron chi connectivity index (χ0n) is 18.5. The molecule has 4 aromatic rings. The molecule has 1 N–H and O–H groups in total. The van der Waals surface area contributed by atoms with Crippen LogP contribution < -0.4 is 0 Å². The van der Waals surface area contributed by atoms with Gasteiger partial charge in [-0.15, -0.1) is 10.2 Å². The molecule has 0 aliphatic carbocycles. The monoisotopic (exact) mass is 450 g/mol. The van der Waals surface area contributed by atoms with Crippen molar-refractivity contribution in [2.24, 2.45) is 0 Å². The highest BCUT2D eigenvalue weighted by Crippen LogP contribution is 2.29. The van der Waals surface area contributed by atoms with Crippen LogP contribution in [0.4, 0.5) is 8.78 Å². The van der Waals surface area contributed by atoms with Gasteiger partial charge < -0.3 is 9.88 Å². The third-order valence-electron chi connectivity index (χ3n) is 6.47. The number of hydrogen-bond donors (Lipinski definition) is 1. The van der Waals surface area contributed by atoms with Crippen LogP contribution in [-0.4, -0.2) is 68.8 Å². The summed E-state index contributed by atoms with van der Waals surface area (Å²) >= 11 is 0. The van der Waals surface area contributed by atoms with Crippen LogP contribution in [0.5, 0.6) is 0 Å². The van der Waals surface area contributed by atoms with Crippen LogP contribution in [0.25, 0.3) is 16.6 Å². The summed E-state index contributed by atoms with van der Waals surface area (Å²) in [6.07, 6.45) is 7.48. The first-order chi connectivity index (χ1) is 16.1. The third kappa shape index (κ3) is 4.96. The van der Waals surface area contributed by atoms with E-state index >= 15 is 0 Å². The lowest BCUT2D eigenvalue weighted by Crippen LogP contribution is -2.49. The zero-order valence-corrected chi connectivity index (χ0v) is 18.5. The van der Waals surface area contributed by atoms with E-state index in [0.29, 0.717) is 13.1 Å². The van der Waals surface area contributed by atoms with E-state index in [1.165, 1.54) is 23.1 Å². The molecule has 1 fully saturated rings. The maximum Gasteiger partial charge on any atom is 0.285 e. The van der Waals surface area contributed by atoms with E-state index < -0.39 is 5.92 Å². The SMILES string of the molecule is FC(F)(CN1CCN(CCCc2c[nH]c3ccc(-n4cnnc4)cc23)CC1)c1ccccc1. The molecule has 0 saturated carbocycles. The maximum atomic E-state index is 14.6. The number of alkyl halides is 2. The van der Waals surface area contributed by atoms with Crippen molar-refractivity contribution in [1.82, 2.24) is 29.5 Å². The highest BCUT2D eigenvalue weighted by molar-refractivity contribution is 5.85. The molecule has 8 heteroatoms. The number of aryl methyl sites for hydroxylation is 1. The first kappa shape index (κ1) is 21.7. The number of aromatic nitrogens is 4. The Labute approximate surface area is 191 Å². The molecule has 2 aromatic heterocycles. The molecule has 33 heavy (non-hydrogen) atoms. The van der Waals surface area contributed by atoms with Crippen molar-refractivity contribution in [3.8, 4) is 5.69 Å². The van der Waals surface area contributed by atoms with E-state index in [4.69, 9.17) is 0 Å². The Morgan fingerprint density at radius 2 is 1.64 bits per heavy atom. The highest BCUT2D eigenvalue weighted by atomic mass is 19.3. The van der Waals surface area contributed by atoms with Crippen molar-refractivity contribution in [3.05, 3.63) is 78.5 Å². The lowest BCUT2D eigenvalue weighted by molar-refractivity contribution is -0.0472. The van der Waals surface area contributed by atoms with E-state index in [0.717, 1.165) is 43.7 Å². The number of aromatic amines is 1. The number of rotatable bonds is 8. The molecule has 0 amide bonds. The summed E-state index contributed by atoms with van der Waals surface area (Å²) < 4.78 is 31.1. The smallest absolute Gasteiger partial charge is 0.285 e. The fourth-order valence-electron chi connectivity index (χ4n) is 4.59. The molecule has 1 aliphatic rings. The van der Waals surface area contributed by atoms with Crippen LogP contribution in [0.15, 0.2) is 67.4 Å². The summed E-state index contributed by atoms with van der Waals surface area (Å²) in [6, 6.07) is 14.4. The quantitative estimate of drug-likeness (QED) is 0.439. The number of nitrogens with one attached hydrogen (secondary N) is 1. The molecule has 6 nitrogen and oxygen atoms in total. The Kier molecular flexibility index (Phi) is 6.20. The van der Waals surface area contributed by atoms with Gasteiger partial charge in [0.2, 0.25) is 0 Å². The van der Waals surface area contributed by atoms with E-state index in [9.17, 15) is 8.78 Å². The topological polar surface area (TPSA) is 53.0 Å². The minimum atomic E-state index is -2.82. The molecule has 1 saturated heterocycles. The fourth-order valence-corrected chi connectivity index (χ4v) is 4.59. The minimum absolute atomic E-state index is 0.0959. The van der Waals surface area contributed by atoms with E-state index in [1.54, 1.807) is 30.9 Å². The number of nitrogens with zero attached hydrogens (tertiary/aromatic N) is 5. The van der Waals surface area contributed by atoms with Crippen molar-refractivity contribution in [2.45, 2.75) is 18.8 Å². The molecule has 0 unspecified atom stereocenters. The van der Waals surface area contributed by atoms with Crippen molar-refractivity contribution >= 4 is 10.9 Å². The van der Waals surface area contributed by atoms with E-state index in [-0.39, 0.29) is 12.1 Å². The van der Waals surface area contributed by atoms with Crippen LogP contribution >= 0.6 is 0 Å². The fraction of sp³-hybridized carbons (Fsp3) is 0.360. The molecular weight excluding hydrogens is 422 g/mol. The van der Waals surface area contributed by atoms with Gasteiger partial charge >= 0.3 is 0 Å². The molecule has 3 heterocycles. The minimum Gasteiger partial charge on any atom is -0.361 e. The molecule has 0 atom stereocenters. The van der Waals surface area contributed by atoms with Crippen LogP contribution in [0.3, 0.4) is 0 Å². The third-order valence-corrected chi connectivity index (χ3v) is 6.47. The number of benzene rings is 2. The second-order valence-corrected chi connectivity index (χ2v) is 8.70. The number of hydrogen-bond acceptors (Lipinski definition) is 4. The molecule has 2 aromatic carbocycles. The van der Waals surface area contributed by atoms with Gasteiger partial charge in [-0.1, -0.05) is 30.3 Å². The summed E-state index contributed by atoms with van der Waals surface area (Å²) in [7, 11) is 0. The maximum absolute atomic E-state index is 14.6. The van der Waals surface area contributed by atoms with Crippen LogP contribution in [0.2, 0.25) is 0 Å². The van der Waals surface area contributed by atoms with E-state index in [2.05, 4.69) is 38.4 Å². The number of H-pyrrole nitrogens is 1. The highest BCUT2D eigenvalue weighted by Gasteiger charge is 2.34. The largest absolute Gasteiger partial charge is 0.361 e. The molecule has 0 radical (unpaired) electrons. The molecule has 1 aliphatic heterocycles. The normalized spacial score (nSPS) is 15.9. The van der Waals surface area contributed by atoms with Gasteiger partial charge in [-0.25, -0.2) is 0 Å². The predicted molar refractivity (Wildman–Crippen MR) is 125 cm³/mol. The van der Waals surface area contributed by atoms with E-state index in [1.807, 2.05) is 15.5 Å². The predicted octanol–water partition coefficient (Wildman–Crippen LogP) is 4.09. The lowest BCUT2D eigenvalue weighted by Gasteiger charge is -2.36. The van der Waals surface area contributed by atoms with Gasteiger partial charge in [0, 0.05) is 54.5 Å². The lowest BCUT2D eigenvalue weighted by atomic mass is 10.1. The first-order valence-electron chi connectivity index (χ1n) is 11.4. The second kappa shape index (κ2) is 9.41. The van der Waals surface area contributed by atoms with Crippen molar-refractivity contribution in [3.63, 3.8) is 0 Å². The van der Waals surface area contributed by atoms with Crippen molar-refractivity contribution in [1.29, 1.82) is 0 Å². The second-order valence-electron chi connectivity index (χ2n) is 8.70. The Bertz CT molecular complexity index is 1160. The van der Waals surface area contributed by atoms with Gasteiger partial charge in [0.25, 0.3) is 5.92 Å². The van der Waals surface area contributed by atoms with Gasteiger partial charge in [-0.2, -0.15) is 8.78 Å². The van der Waals surface area contributed by atoms with Gasteiger partial charge in [0.05, 0.1) is 6.54 Å². The number of halogens is 2. The van der Waals surface area contributed by atoms with Gasteiger partial charge in [-0.05, 0) is 43.1 Å². The summed E-state index contributed by atoms with van der Waals surface area (Å²) in [6.45, 7) is 3.78. The molecule has 5 rings (SSSR count). The van der Waals surface area contributed by atoms with Gasteiger partial charge in [-0.3, -0.25) is 9.47 Å². The summed E-state index contributed by atoms with van der Waals surface area (Å²) in [5, 5.41) is 8.99. The average Bonchev–Trinajstić information content (AvgIpc) is 3.51. The molecule has 0 bridgehead atoms. The summed E-state index contributed by atoms with van der Waals surface area (Å²) in [5.74, 6) is -2.82. The Morgan fingerprint density at radius 3 is 2.39 bits per heavy atom. The Hall–Kier alpha value is -3.10. The number of fused-ring (bicyclic) bond motifs is 1. The first-order valence-corrected chi connectivity index (χ1v) is 11.4. The van der Waals surface area contributed by atoms with Crippen molar-refractivity contribution in [2.75, 3.05) is 39.3 Å². The molecule has 0 spiro atoms. The van der Waals surface area contributed by atoms with Crippen molar-refractivity contribution < 1.29 is 8.78 Å². The number of piperazine rings is 1. The van der Waals surface area contributed by atoms with Crippen LogP contribution in [0.1, 0.15) is 17.5 Å². The summed E-state index contributed by atoms with van der Waals surface area (Å²) in [4.78, 5) is 7.63.